The van der Waals surface area contributed by atoms with Gasteiger partial charge in [-0.15, -0.1) is 0 Å². The lowest BCUT2D eigenvalue weighted by atomic mass is 10.3. The Morgan fingerprint density at radius 2 is 1.62 bits per heavy atom. The lowest BCUT2D eigenvalue weighted by Crippen LogP contribution is -2.46. The van der Waals surface area contributed by atoms with Crippen LogP contribution in [0.1, 0.15) is 30.1 Å². The van der Waals surface area contributed by atoms with Crippen LogP contribution >= 0.6 is 11.6 Å². The van der Waals surface area contributed by atoms with E-state index in [0.717, 1.165) is 0 Å². The topological polar surface area (TPSA) is 35.0 Å². The number of ether oxygens (including phenoxy) is 1. The minimum atomic E-state index is -5.61. The Labute approximate surface area is 120 Å². The van der Waals surface area contributed by atoms with Gasteiger partial charge in [0, 0.05) is 11.5 Å². The summed E-state index contributed by atoms with van der Waals surface area (Å²) in [6, 6.07) is 0. The van der Waals surface area contributed by atoms with Gasteiger partial charge in [0.15, 0.2) is 0 Å². The van der Waals surface area contributed by atoms with Gasteiger partial charge in [-0.2, -0.15) is 31.3 Å². The third kappa shape index (κ3) is 3.69. The van der Waals surface area contributed by atoms with Gasteiger partial charge in [-0.3, -0.25) is 0 Å². The molecule has 0 saturated heterocycles. The molecule has 0 spiro atoms. The molecule has 2 rings (SSSR count). The second kappa shape index (κ2) is 5.19. The standard InChI is InChI=1S/C11H9ClF6N2O/c1-4-6(12)19-7(5-2-3-5)20-8(4)21-9(10(13,14)15)11(16,17)18/h5,9H,2-3H2,1H3. The van der Waals surface area contributed by atoms with Crippen LogP contribution in [-0.4, -0.2) is 28.4 Å². The van der Waals surface area contributed by atoms with Crippen molar-refractivity contribution in [2.75, 3.05) is 0 Å². The van der Waals surface area contributed by atoms with Crippen molar-refractivity contribution in [2.24, 2.45) is 0 Å². The number of hydrogen-bond donors (Lipinski definition) is 0. The minimum absolute atomic E-state index is 0.0966. The first-order valence-corrected chi connectivity index (χ1v) is 6.22. The first kappa shape index (κ1) is 16.1. The maximum atomic E-state index is 12.5. The number of hydrogen-bond acceptors (Lipinski definition) is 3. The van der Waals surface area contributed by atoms with Gasteiger partial charge in [0.1, 0.15) is 11.0 Å². The Balaban J connectivity index is 2.36. The Morgan fingerprint density at radius 3 is 2.05 bits per heavy atom. The largest absolute Gasteiger partial charge is 0.454 e. The van der Waals surface area contributed by atoms with Crippen molar-refractivity contribution in [1.29, 1.82) is 0 Å². The summed E-state index contributed by atoms with van der Waals surface area (Å²) in [6.07, 6.45) is -13.8. The third-order valence-electron chi connectivity index (χ3n) is 2.83. The zero-order chi connectivity index (χ0) is 16.0. The number of halogens is 7. The van der Waals surface area contributed by atoms with Crippen molar-refractivity contribution in [3.05, 3.63) is 16.5 Å². The number of alkyl halides is 6. The molecule has 0 aliphatic heterocycles. The van der Waals surface area contributed by atoms with E-state index in [2.05, 4.69) is 14.7 Å². The molecule has 1 fully saturated rings. The summed E-state index contributed by atoms with van der Waals surface area (Å²) in [5.74, 6) is -0.791. The number of aromatic nitrogens is 2. The molecule has 0 radical (unpaired) electrons. The van der Waals surface area contributed by atoms with E-state index in [1.54, 1.807) is 0 Å². The van der Waals surface area contributed by atoms with E-state index < -0.39 is 24.3 Å². The second-order valence-corrected chi connectivity index (χ2v) is 5.02. The quantitative estimate of drug-likeness (QED) is 0.614. The SMILES string of the molecule is Cc1c(Cl)nc(C2CC2)nc1OC(C(F)(F)F)C(F)(F)F. The van der Waals surface area contributed by atoms with Crippen molar-refractivity contribution in [3.63, 3.8) is 0 Å². The molecule has 0 amide bonds. The Morgan fingerprint density at radius 1 is 1.10 bits per heavy atom. The molecule has 0 bridgehead atoms. The van der Waals surface area contributed by atoms with Crippen LogP contribution in [0, 0.1) is 6.92 Å². The van der Waals surface area contributed by atoms with Crippen molar-refractivity contribution >= 4 is 11.6 Å². The van der Waals surface area contributed by atoms with Crippen LogP contribution in [-0.2, 0) is 0 Å². The van der Waals surface area contributed by atoms with Gasteiger partial charge in [-0.1, -0.05) is 11.6 Å². The van der Waals surface area contributed by atoms with Crippen molar-refractivity contribution in [2.45, 2.75) is 44.1 Å². The lowest BCUT2D eigenvalue weighted by molar-refractivity contribution is -0.300. The molecule has 1 heterocycles. The van der Waals surface area contributed by atoms with E-state index in [1.165, 1.54) is 6.92 Å². The highest BCUT2D eigenvalue weighted by Gasteiger charge is 2.59. The average molecular weight is 335 g/mol. The number of rotatable bonds is 3. The van der Waals surface area contributed by atoms with Crippen LogP contribution in [0.15, 0.2) is 0 Å². The van der Waals surface area contributed by atoms with E-state index in [-0.39, 0.29) is 22.5 Å². The maximum Gasteiger partial charge on any atom is 0.434 e. The van der Waals surface area contributed by atoms with Crippen LogP contribution < -0.4 is 4.74 Å². The lowest BCUT2D eigenvalue weighted by Gasteiger charge is -2.24. The highest BCUT2D eigenvalue weighted by Crippen LogP contribution is 2.41. The van der Waals surface area contributed by atoms with Crippen LogP contribution in [0.2, 0.25) is 5.15 Å². The van der Waals surface area contributed by atoms with Gasteiger partial charge in [-0.05, 0) is 19.8 Å². The molecular formula is C11H9ClF6N2O. The molecule has 1 aromatic rings. The van der Waals surface area contributed by atoms with Crippen LogP contribution in [0.25, 0.3) is 0 Å². The van der Waals surface area contributed by atoms with Gasteiger partial charge >= 0.3 is 12.4 Å². The molecule has 10 heteroatoms. The molecule has 1 saturated carbocycles. The molecule has 3 nitrogen and oxygen atoms in total. The van der Waals surface area contributed by atoms with Gasteiger partial charge in [0.05, 0.1) is 0 Å². The first-order chi connectivity index (χ1) is 9.50. The van der Waals surface area contributed by atoms with Gasteiger partial charge < -0.3 is 4.74 Å². The summed E-state index contributed by atoms with van der Waals surface area (Å²) in [7, 11) is 0. The Bertz CT molecular complexity index is 527. The van der Waals surface area contributed by atoms with Gasteiger partial charge in [-0.25, -0.2) is 4.98 Å². The summed E-state index contributed by atoms with van der Waals surface area (Å²) in [4.78, 5) is 7.48. The predicted octanol–water partition coefficient (Wildman–Crippen LogP) is 4.19. The van der Waals surface area contributed by atoms with E-state index in [9.17, 15) is 26.3 Å². The fourth-order valence-corrected chi connectivity index (χ4v) is 1.72. The molecule has 0 atom stereocenters. The molecule has 21 heavy (non-hydrogen) atoms. The predicted molar refractivity (Wildman–Crippen MR) is 60.3 cm³/mol. The second-order valence-electron chi connectivity index (χ2n) is 4.66. The van der Waals surface area contributed by atoms with Crippen molar-refractivity contribution < 1.29 is 31.1 Å². The third-order valence-corrected chi connectivity index (χ3v) is 3.19. The van der Waals surface area contributed by atoms with E-state index >= 15 is 0 Å². The molecule has 1 aliphatic carbocycles. The van der Waals surface area contributed by atoms with Crippen LogP contribution in [0.5, 0.6) is 5.88 Å². The zero-order valence-corrected chi connectivity index (χ0v) is 11.3. The smallest absolute Gasteiger partial charge is 0.434 e. The van der Waals surface area contributed by atoms with Crippen LogP contribution in [0.4, 0.5) is 26.3 Å². The molecule has 1 aliphatic rings. The van der Waals surface area contributed by atoms with E-state index in [0.29, 0.717) is 12.8 Å². The summed E-state index contributed by atoms with van der Waals surface area (Å²) in [6.45, 7) is 1.19. The Hall–Kier alpha value is -1.25. The van der Waals surface area contributed by atoms with Gasteiger partial charge in [0.2, 0.25) is 5.88 Å². The van der Waals surface area contributed by atoms with E-state index in [4.69, 9.17) is 11.6 Å². The number of nitrogens with zero attached hydrogens (tertiary/aromatic N) is 2. The zero-order valence-electron chi connectivity index (χ0n) is 10.5. The molecule has 118 valence electrons. The van der Waals surface area contributed by atoms with Crippen molar-refractivity contribution in [3.8, 4) is 5.88 Å². The molecule has 0 unspecified atom stereocenters. The molecule has 1 aromatic heterocycles. The first-order valence-electron chi connectivity index (χ1n) is 5.84. The molecule has 0 aromatic carbocycles. The molecular weight excluding hydrogens is 326 g/mol. The fourth-order valence-electron chi connectivity index (χ4n) is 1.56. The fraction of sp³-hybridized carbons (Fsp3) is 0.636. The van der Waals surface area contributed by atoms with E-state index in [1.807, 2.05) is 0 Å². The van der Waals surface area contributed by atoms with Crippen LogP contribution in [0.3, 0.4) is 0 Å². The van der Waals surface area contributed by atoms with Crippen molar-refractivity contribution in [1.82, 2.24) is 9.97 Å². The minimum Gasteiger partial charge on any atom is -0.454 e. The highest BCUT2D eigenvalue weighted by atomic mass is 35.5. The summed E-state index contributed by atoms with van der Waals surface area (Å²) >= 11 is 5.71. The summed E-state index contributed by atoms with van der Waals surface area (Å²) in [5, 5.41) is -0.218. The van der Waals surface area contributed by atoms with Gasteiger partial charge in [0.25, 0.3) is 6.10 Å². The summed E-state index contributed by atoms with van der Waals surface area (Å²) in [5.41, 5.74) is -0.167. The average Bonchev–Trinajstić information content (AvgIpc) is 3.11. The molecule has 0 N–H and O–H groups in total. The normalized spacial score (nSPS) is 16.4. The highest BCUT2D eigenvalue weighted by molar-refractivity contribution is 6.30. The monoisotopic (exact) mass is 334 g/mol. The summed E-state index contributed by atoms with van der Waals surface area (Å²) < 4.78 is 79.0. The maximum absolute atomic E-state index is 12.5. The Kier molecular flexibility index (Phi) is 3.98.